The quantitative estimate of drug-likeness (QED) is 0.805. The Morgan fingerprint density at radius 3 is 2.73 bits per heavy atom. The van der Waals surface area contributed by atoms with Crippen LogP contribution in [0.15, 0.2) is 4.42 Å². The van der Waals surface area contributed by atoms with Crippen molar-refractivity contribution in [3.05, 3.63) is 27.0 Å². The van der Waals surface area contributed by atoms with Crippen LogP contribution < -0.4 is 0 Å². The number of thiazole rings is 1. The summed E-state index contributed by atoms with van der Waals surface area (Å²) in [5.41, 5.74) is 3.09. The Kier molecular flexibility index (Phi) is 3.33. The zero-order valence-corrected chi connectivity index (χ0v) is 13.9. The van der Waals surface area contributed by atoms with Crippen molar-refractivity contribution in [2.75, 3.05) is 13.1 Å². The van der Waals surface area contributed by atoms with Gasteiger partial charge in [0.15, 0.2) is 5.76 Å². The van der Waals surface area contributed by atoms with Gasteiger partial charge in [0, 0.05) is 35.5 Å². The minimum Gasteiger partial charge on any atom is -0.455 e. The predicted molar refractivity (Wildman–Crippen MR) is 86.5 cm³/mol. The third kappa shape index (κ3) is 2.10. The van der Waals surface area contributed by atoms with Crippen molar-refractivity contribution in [2.45, 2.75) is 46.0 Å². The second-order valence-corrected chi connectivity index (χ2v) is 7.50. The van der Waals surface area contributed by atoms with Crippen LogP contribution in [0.2, 0.25) is 0 Å². The first-order valence-corrected chi connectivity index (χ1v) is 8.85. The van der Waals surface area contributed by atoms with Crippen LogP contribution >= 0.6 is 11.3 Å². The van der Waals surface area contributed by atoms with Crippen LogP contribution in [0.25, 0.3) is 11.3 Å². The number of aromatic nitrogens is 1. The van der Waals surface area contributed by atoms with Crippen LogP contribution in [0, 0.1) is 13.8 Å². The number of hydrogen-bond donors (Lipinski definition) is 0. The van der Waals surface area contributed by atoms with E-state index in [1.807, 2.05) is 18.7 Å². The Bertz CT molecular complexity index is 738. The molecule has 0 N–H and O–H groups in total. The van der Waals surface area contributed by atoms with Gasteiger partial charge in [0.25, 0.3) is 5.91 Å². The van der Waals surface area contributed by atoms with E-state index in [0.29, 0.717) is 5.76 Å². The predicted octanol–water partition coefficient (Wildman–Crippen LogP) is 3.74. The highest BCUT2D eigenvalue weighted by Gasteiger charge is 2.31. The van der Waals surface area contributed by atoms with Gasteiger partial charge in [-0.05, 0) is 39.5 Å². The number of hydrogen-bond acceptors (Lipinski definition) is 4. The Hall–Kier alpha value is -1.62. The number of piperidine rings is 1. The summed E-state index contributed by atoms with van der Waals surface area (Å²) in [4.78, 5) is 20.7. The molecule has 1 aliphatic carbocycles. The van der Waals surface area contributed by atoms with Gasteiger partial charge in [0.05, 0.1) is 10.7 Å². The maximum absolute atomic E-state index is 12.8. The monoisotopic (exact) mass is 316 g/mol. The molecule has 0 bridgehead atoms. The first-order chi connectivity index (χ1) is 10.6. The summed E-state index contributed by atoms with van der Waals surface area (Å²) in [7, 11) is 0. The highest BCUT2D eigenvalue weighted by Crippen LogP contribution is 2.41. The van der Waals surface area contributed by atoms with E-state index in [-0.39, 0.29) is 5.91 Å². The summed E-state index contributed by atoms with van der Waals surface area (Å²) in [5, 5.41) is 1.09. The number of amides is 1. The Balaban J connectivity index is 1.75. The largest absolute Gasteiger partial charge is 0.455 e. The average Bonchev–Trinajstić information content (AvgIpc) is 3.07. The lowest BCUT2D eigenvalue weighted by molar-refractivity contribution is 0.0689. The number of carbonyl (C=O) groups is 1. The van der Waals surface area contributed by atoms with E-state index < -0.39 is 0 Å². The molecule has 116 valence electrons. The molecule has 3 heterocycles. The van der Waals surface area contributed by atoms with Crippen molar-refractivity contribution in [3.63, 3.8) is 0 Å². The Labute approximate surface area is 134 Å². The third-order valence-electron chi connectivity index (χ3n) is 4.68. The summed E-state index contributed by atoms with van der Waals surface area (Å²) >= 11 is 1.76. The lowest BCUT2D eigenvalue weighted by Crippen LogP contribution is -2.35. The van der Waals surface area contributed by atoms with Gasteiger partial charge in [-0.15, -0.1) is 11.3 Å². The molecule has 1 fully saturated rings. The van der Waals surface area contributed by atoms with Gasteiger partial charge >= 0.3 is 0 Å². The SMILES string of the molecule is Cc1nc2c(s1)CCc1oc(C(=O)N3CCCCC3)c(C)c1-2. The summed E-state index contributed by atoms with van der Waals surface area (Å²) in [6, 6.07) is 0. The van der Waals surface area contributed by atoms with Gasteiger partial charge in [0.1, 0.15) is 5.76 Å². The summed E-state index contributed by atoms with van der Waals surface area (Å²) in [5.74, 6) is 1.53. The van der Waals surface area contributed by atoms with Gasteiger partial charge in [-0.1, -0.05) is 0 Å². The first kappa shape index (κ1) is 14.0. The minimum atomic E-state index is 0.0556. The normalized spacial score (nSPS) is 17.3. The van der Waals surface area contributed by atoms with Gasteiger partial charge in [-0.2, -0.15) is 0 Å². The number of likely N-dealkylation sites (tertiary alicyclic amines) is 1. The van der Waals surface area contributed by atoms with Crippen LogP contribution in [-0.4, -0.2) is 28.9 Å². The highest BCUT2D eigenvalue weighted by atomic mass is 32.1. The van der Waals surface area contributed by atoms with Crippen molar-refractivity contribution in [1.29, 1.82) is 0 Å². The third-order valence-corrected chi connectivity index (χ3v) is 5.71. The highest BCUT2D eigenvalue weighted by molar-refractivity contribution is 7.12. The Morgan fingerprint density at radius 1 is 1.18 bits per heavy atom. The average molecular weight is 316 g/mol. The molecule has 0 radical (unpaired) electrons. The molecule has 2 aromatic rings. The number of fused-ring (bicyclic) bond motifs is 3. The van der Waals surface area contributed by atoms with E-state index >= 15 is 0 Å². The van der Waals surface area contributed by atoms with Crippen molar-refractivity contribution < 1.29 is 9.21 Å². The van der Waals surface area contributed by atoms with Gasteiger partial charge in [-0.25, -0.2) is 4.98 Å². The lowest BCUT2D eigenvalue weighted by Gasteiger charge is -2.25. The number of carbonyl (C=O) groups excluding carboxylic acids is 1. The van der Waals surface area contributed by atoms with Gasteiger partial charge in [-0.3, -0.25) is 4.79 Å². The molecular weight excluding hydrogens is 296 g/mol. The molecule has 4 rings (SSSR count). The fraction of sp³-hybridized carbons (Fsp3) is 0.529. The number of rotatable bonds is 1. The molecule has 22 heavy (non-hydrogen) atoms. The van der Waals surface area contributed by atoms with Crippen molar-refractivity contribution >= 4 is 17.2 Å². The fourth-order valence-electron chi connectivity index (χ4n) is 3.56. The molecule has 0 unspecified atom stereocenters. The molecule has 4 nitrogen and oxygen atoms in total. The maximum atomic E-state index is 12.8. The molecule has 0 aromatic carbocycles. The molecule has 1 amide bonds. The van der Waals surface area contributed by atoms with Crippen LogP contribution in [0.4, 0.5) is 0 Å². The molecule has 0 atom stereocenters. The van der Waals surface area contributed by atoms with E-state index in [1.165, 1.54) is 11.3 Å². The zero-order valence-electron chi connectivity index (χ0n) is 13.1. The topological polar surface area (TPSA) is 46.3 Å². The van der Waals surface area contributed by atoms with E-state index in [1.54, 1.807) is 11.3 Å². The molecule has 5 heteroatoms. The zero-order chi connectivity index (χ0) is 15.3. The number of aryl methyl sites for hydroxylation is 3. The second kappa shape index (κ2) is 5.23. The minimum absolute atomic E-state index is 0.0556. The van der Waals surface area contributed by atoms with Crippen molar-refractivity contribution in [1.82, 2.24) is 9.88 Å². The molecule has 1 aliphatic heterocycles. The van der Waals surface area contributed by atoms with Crippen LogP contribution in [0.5, 0.6) is 0 Å². The van der Waals surface area contributed by atoms with Crippen LogP contribution in [-0.2, 0) is 12.8 Å². The summed E-state index contributed by atoms with van der Waals surface area (Å²) in [6.45, 7) is 5.75. The Morgan fingerprint density at radius 2 is 1.95 bits per heavy atom. The van der Waals surface area contributed by atoms with Gasteiger partial charge in [0.2, 0.25) is 0 Å². The fourth-order valence-corrected chi connectivity index (χ4v) is 4.51. The smallest absolute Gasteiger partial charge is 0.289 e. The molecule has 2 aliphatic rings. The summed E-state index contributed by atoms with van der Waals surface area (Å²) < 4.78 is 5.99. The number of furan rings is 1. The standard InChI is InChI=1S/C17H20N2O2S/c1-10-14-12(6-7-13-15(14)18-11(2)22-13)21-16(10)17(20)19-8-4-3-5-9-19/h3-9H2,1-2H3. The van der Waals surface area contributed by atoms with E-state index in [4.69, 9.17) is 4.42 Å². The van der Waals surface area contributed by atoms with Crippen molar-refractivity contribution in [2.24, 2.45) is 0 Å². The summed E-state index contributed by atoms with van der Waals surface area (Å²) in [6.07, 6.45) is 5.26. The van der Waals surface area contributed by atoms with Crippen LogP contribution in [0.3, 0.4) is 0 Å². The second-order valence-electron chi connectivity index (χ2n) is 6.21. The first-order valence-electron chi connectivity index (χ1n) is 8.03. The molecule has 0 spiro atoms. The maximum Gasteiger partial charge on any atom is 0.289 e. The lowest BCUT2D eigenvalue weighted by atomic mass is 9.97. The molecular formula is C17H20N2O2S. The van der Waals surface area contributed by atoms with Crippen LogP contribution in [0.1, 0.15) is 51.0 Å². The van der Waals surface area contributed by atoms with Crippen molar-refractivity contribution in [3.8, 4) is 11.3 Å². The molecule has 2 aromatic heterocycles. The van der Waals surface area contributed by atoms with E-state index in [2.05, 4.69) is 4.98 Å². The van der Waals surface area contributed by atoms with E-state index in [0.717, 1.165) is 66.4 Å². The molecule has 1 saturated heterocycles. The van der Waals surface area contributed by atoms with E-state index in [9.17, 15) is 4.79 Å². The molecule has 0 saturated carbocycles. The number of nitrogens with zero attached hydrogens (tertiary/aromatic N) is 2. The van der Waals surface area contributed by atoms with Gasteiger partial charge < -0.3 is 9.32 Å².